The molecular formula is C62H116O10. The van der Waals surface area contributed by atoms with Gasteiger partial charge in [0.1, 0.15) is 31.0 Å². The van der Waals surface area contributed by atoms with E-state index < -0.39 is 49.4 Å². The molecule has 1 rings (SSSR count). The van der Waals surface area contributed by atoms with E-state index in [9.17, 15) is 30.0 Å². The number of hydrogen-bond acceptors (Lipinski definition) is 10. The smallest absolute Gasteiger partial charge is 0.306 e. The van der Waals surface area contributed by atoms with Crippen LogP contribution in [0.15, 0.2) is 24.3 Å². The molecule has 6 unspecified atom stereocenters. The van der Waals surface area contributed by atoms with Crippen molar-refractivity contribution in [2.24, 2.45) is 0 Å². The van der Waals surface area contributed by atoms with Gasteiger partial charge in [0, 0.05) is 12.8 Å². The Balaban J connectivity index is 2.16. The van der Waals surface area contributed by atoms with Gasteiger partial charge in [-0.15, -0.1) is 0 Å². The summed E-state index contributed by atoms with van der Waals surface area (Å²) in [5, 5.41) is 40.4. The summed E-state index contributed by atoms with van der Waals surface area (Å²) in [6.07, 6.45) is 56.3. The van der Waals surface area contributed by atoms with Crippen molar-refractivity contribution in [2.45, 2.75) is 340 Å². The van der Waals surface area contributed by atoms with Crippen LogP contribution in [-0.4, -0.2) is 89.0 Å². The average Bonchev–Trinajstić information content (AvgIpc) is 3.38. The van der Waals surface area contributed by atoms with Gasteiger partial charge in [-0.2, -0.15) is 0 Å². The standard InChI is InChI=1S/C62H116O10/c1-3-5-7-9-11-13-15-17-19-21-23-25-27-29-30-32-34-36-38-40-42-44-46-48-50-57(64)69-53-55(54-70-62-61(68)60(67)59(66)56(52-63)72-62)71-58(65)51-49-47-45-43-41-39-37-35-33-31-28-26-24-22-20-18-16-14-12-10-8-6-4-2/h16,18,22,24,55-56,59-63,66-68H,3-15,17,19-21,23,25-54H2,1-2H3/b18-16-,24-22-. The molecule has 10 nitrogen and oxygen atoms in total. The van der Waals surface area contributed by atoms with E-state index in [0.717, 1.165) is 44.9 Å². The molecule has 1 fully saturated rings. The van der Waals surface area contributed by atoms with E-state index in [-0.39, 0.29) is 32.0 Å². The Hall–Kier alpha value is -1.82. The van der Waals surface area contributed by atoms with Crippen LogP contribution >= 0.6 is 0 Å². The highest BCUT2D eigenvalue weighted by molar-refractivity contribution is 5.70. The van der Waals surface area contributed by atoms with E-state index in [0.29, 0.717) is 6.42 Å². The molecule has 0 saturated carbocycles. The average molecular weight is 1020 g/mol. The van der Waals surface area contributed by atoms with Crippen LogP contribution < -0.4 is 0 Å². The second-order valence-electron chi connectivity index (χ2n) is 21.5. The minimum atomic E-state index is -1.59. The number of allylic oxidation sites excluding steroid dienone is 4. The third-order valence-electron chi connectivity index (χ3n) is 14.6. The number of carbonyl (C=O) groups excluding carboxylic acids is 2. The molecule has 1 aliphatic rings. The molecule has 0 radical (unpaired) electrons. The van der Waals surface area contributed by atoms with E-state index >= 15 is 0 Å². The van der Waals surface area contributed by atoms with Crippen molar-refractivity contribution in [1.29, 1.82) is 0 Å². The van der Waals surface area contributed by atoms with E-state index in [1.54, 1.807) is 0 Å². The van der Waals surface area contributed by atoms with Crippen molar-refractivity contribution in [1.82, 2.24) is 0 Å². The van der Waals surface area contributed by atoms with Crippen LogP contribution in [0.1, 0.15) is 303 Å². The van der Waals surface area contributed by atoms with Gasteiger partial charge in [0.05, 0.1) is 13.2 Å². The molecule has 1 saturated heterocycles. The third-order valence-corrected chi connectivity index (χ3v) is 14.6. The summed E-state index contributed by atoms with van der Waals surface area (Å²) in [5.41, 5.74) is 0. The van der Waals surface area contributed by atoms with E-state index in [4.69, 9.17) is 18.9 Å². The first-order valence-electron chi connectivity index (χ1n) is 30.9. The minimum absolute atomic E-state index is 0.213. The third kappa shape index (κ3) is 42.4. The second-order valence-corrected chi connectivity index (χ2v) is 21.5. The van der Waals surface area contributed by atoms with Crippen LogP contribution in [0.25, 0.3) is 0 Å². The zero-order valence-electron chi connectivity index (χ0n) is 47.0. The van der Waals surface area contributed by atoms with Crippen molar-refractivity contribution >= 4 is 11.9 Å². The number of esters is 2. The lowest BCUT2D eigenvalue weighted by atomic mass is 9.99. The minimum Gasteiger partial charge on any atom is -0.462 e. The Morgan fingerprint density at radius 1 is 0.431 bits per heavy atom. The fraction of sp³-hybridized carbons (Fsp3) is 0.903. The molecule has 72 heavy (non-hydrogen) atoms. The molecule has 10 heteroatoms. The van der Waals surface area contributed by atoms with Crippen LogP contribution in [0.2, 0.25) is 0 Å². The molecule has 424 valence electrons. The maximum atomic E-state index is 12.9. The molecule has 0 aromatic rings. The topological polar surface area (TPSA) is 152 Å². The predicted molar refractivity (Wildman–Crippen MR) is 298 cm³/mol. The zero-order chi connectivity index (χ0) is 52.2. The monoisotopic (exact) mass is 1020 g/mol. The first-order chi connectivity index (χ1) is 35.3. The van der Waals surface area contributed by atoms with Crippen LogP contribution in [0.4, 0.5) is 0 Å². The Bertz CT molecular complexity index is 1220. The lowest BCUT2D eigenvalue weighted by Crippen LogP contribution is -2.59. The molecule has 1 aliphatic heterocycles. The molecule has 6 atom stereocenters. The van der Waals surface area contributed by atoms with Gasteiger partial charge < -0.3 is 39.4 Å². The number of unbranched alkanes of at least 4 members (excludes halogenated alkanes) is 39. The van der Waals surface area contributed by atoms with E-state index in [1.165, 1.54) is 225 Å². The van der Waals surface area contributed by atoms with Crippen molar-refractivity contribution < 1.29 is 49.0 Å². The van der Waals surface area contributed by atoms with Gasteiger partial charge in [-0.05, 0) is 44.9 Å². The SMILES string of the molecule is CCCCCCC/C=C\C/C=C\CCCCCCCCCCCCCC(=O)OC(COC(=O)CCCCCCCCCCCCCCCCCCCCCCCCCC)COC1OC(CO)C(O)C(O)C1O. The van der Waals surface area contributed by atoms with Crippen LogP contribution in [-0.2, 0) is 28.5 Å². The van der Waals surface area contributed by atoms with Crippen molar-refractivity contribution in [3.05, 3.63) is 24.3 Å². The van der Waals surface area contributed by atoms with Gasteiger partial charge in [-0.3, -0.25) is 9.59 Å². The summed E-state index contributed by atoms with van der Waals surface area (Å²) in [4.78, 5) is 25.6. The van der Waals surface area contributed by atoms with Crippen LogP contribution in [0.3, 0.4) is 0 Å². The first-order valence-corrected chi connectivity index (χ1v) is 30.9. The summed E-state index contributed by atoms with van der Waals surface area (Å²) in [5.74, 6) is -0.790. The van der Waals surface area contributed by atoms with Crippen LogP contribution in [0, 0.1) is 0 Å². The summed E-state index contributed by atoms with van der Waals surface area (Å²) in [6, 6.07) is 0. The summed E-state index contributed by atoms with van der Waals surface area (Å²) >= 11 is 0. The molecule has 1 heterocycles. The predicted octanol–water partition coefficient (Wildman–Crippen LogP) is 16.0. The number of aliphatic hydroxyl groups is 4. The lowest BCUT2D eigenvalue weighted by molar-refractivity contribution is -0.305. The van der Waals surface area contributed by atoms with Gasteiger partial charge >= 0.3 is 11.9 Å². The molecule has 0 aliphatic carbocycles. The molecular weight excluding hydrogens is 905 g/mol. The maximum absolute atomic E-state index is 12.9. The Morgan fingerprint density at radius 3 is 1.15 bits per heavy atom. The zero-order valence-corrected chi connectivity index (χ0v) is 47.0. The number of hydrogen-bond donors (Lipinski definition) is 4. The number of aliphatic hydroxyl groups excluding tert-OH is 4. The fourth-order valence-electron chi connectivity index (χ4n) is 9.75. The molecule has 0 spiro atoms. The highest BCUT2D eigenvalue weighted by atomic mass is 16.7. The first kappa shape index (κ1) is 68.2. The molecule has 0 amide bonds. The van der Waals surface area contributed by atoms with Crippen molar-refractivity contribution in [3.63, 3.8) is 0 Å². The number of carbonyl (C=O) groups is 2. The van der Waals surface area contributed by atoms with Gasteiger partial charge in [0.2, 0.25) is 0 Å². The maximum Gasteiger partial charge on any atom is 0.306 e. The Labute approximate surface area is 443 Å². The van der Waals surface area contributed by atoms with Gasteiger partial charge in [0.15, 0.2) is 12.4 Å². The molecule has 0 aromatic carbocycles. The number of rotatable bonds is 54. The largest absolute Gasteiger partial charge is 0.462 e. The normalized spacial score (nSPS) is 18.7. The van der Waals surface area contributed by atoms with Gasteiger partial charge in [0.25, 0.3) is 0 Å². The number of ether oxygens (including phenoxy) is 4. The highest BCUT2D eigenvalue weighted by Gasteiger charge is 2.44. The molecule has 0 bridgehead atoms. The Kier molecular flexibility index (Phi) is 49.8. The summed E-state index contributed by atoms with van der Waals surface area (Å²) < 4.78 is 22.4. The summed E-state index contributed by atoms with van der Waals surface area (Å²) in [6.45, 7) is 3.48. The van der Waals surface area contributed by atoms with Gasteiger partial charge in [-0.1, -0.05) is 269 Å². The molecule has 4 N–H and O–H groups in total. The highest BCUT2D eigenvalue weighted by Crippen LogP contribution is 2.23. The van der Waals surface area contributed by atoms with Crippen molar-refractivity contribution in [3.8, 4) is 0 Å². The van der Waals surface area contributed by atoms with Crippen molar-refractivity contribution in [2.75, 3.05) is 19.8 Å². The van der Waals surface area contributed by atoms with E-state index in [1.807, 2.05) is 0 Å². The second kappa shape index (κ2) is 52.6. The Morgan fingerprint density at radius 2 is 0.778 bits per heavy atom. The summed E-state index contributed by atoms with van der Waals surface area (Å²) in [7, 11) is 0. The molecule has 0 aromatic heterocycles. The van der Waals surface area contributed by atoms with E-state index in [2.05, 4.69) is 38.2 Å². The quantitative estimate of drug-likeness (QED) is 0.0263. The van der Waals surface area contributed by atoms with Crippen LogP contribution in [0.5, 0.6) is 0 Å². The fourth-order valence-corrected chi connectivity index (χ4v) is 9.75. The van der Waals surface area contributed by atoms with Gasteiger partial charge in [-0.25, -0.2) is 0 Å². The lowest BCUT2D eigenvalue weighted by Gasteiger charge is -2.39.